The molecule has 0 atom stereocenters. The van der Waals surface area contributed by atoms with E-state index in [0.29, 0.717) is 5.69 Å². The van der Waals surface area contributed by atoms with E-state index in [1.165, 1.54) is 25.3 Å². The van der Waals surface area contributed by atoms with Crippen molar-refractivity contribution in [3.05, 3.63) is 28.3 Å². The molecule has 100 valence electrons. The van der Waals surface area contributed by atoms with Gasteiger partial charge in [-0.15, -0.1) is 12.4 Å². The number of rotatable bonds is 5. The van der Waals surface area contributed by atoms with Crippen molar-refractivity contribution < 1.29 is 14.5 Å². The fourth-order valence-corrected chi connectivity index (χ4v) is 1.27. The predicted molar refractivity (Wildman–Crippen MR) is 69.2 cm³/mol. The van der Waals surface area contributed by atoms with Gasteiger partial charge in [0.15, 0.2) is 5.75 Å². The summed E-state index contributed by atoms with van der Waals surface area (Å²) in [4.78, 5) is 21.4. The maximum absolute atomic E-state index is 11.3. The van der Waals surface area contributed by atoms with Crippen LogP contribution in [0.2, 0.25) is 0 Å². The molecule has 0 bridgehead atoms. The zero-order chi connectivity index (χ0) is 12.8. The monoisotopic (exact) mass is 275 g/mol. The molecule has 1 aromatic rings. The fraction of sp³-hybridized carbons (Fsp3) is 0.300. The van der Waals surface area contributed by atoms with Gasteiger partial charge in [0.25, 0.3) is 0 Å². The Labute approximate surface area is 110 Å². The number of nitrogens with one attached hydrogen (secondary N) is 1. The third-order valence-electron chi connectivity index (χ3n) is 2.03. The van der Waals surface area contributed by atoms with E-state index in [1.807, 2.05) is 0 Å². The van der Waals surface area contributed by atoms with Crippen molar-refractivity contribution in [3.8, 4) is 5.75 Å². The second-order valence-corrected chi connectivity index (χ2v) is 3.23. The number of carbonyl (C=O) groups excluding carboxylic acids is 1. The van der Waals surface area contributed by atoms with Crippen molar-refractivity contribution in [1.29, 1.82) is 0 Å². The minimum Gasteiger partial charge on any atom is -0.490 e. The predicted octanol–water partition coefficient (Wildman–Crippen LogP) is 1.31. The molecule has 0 heterocycles. The molecule has 1 amide bonds. The van der Waals surface area contributed by atoms with Crippen molar-refractivity contribution in [1.82, 2.24) is 0 Å². The largest absolute Gasteiger partial charge is 0.490 e. The molecule has 1 rings (SSSR count). The average molecular weight is 276 g/mol. The molecule has 0 aliphatic heterocycles. The Morgan fingerprint density at radius 1 is 1.56 bits per heavy atom. The molecule has 0 saturated carbocycles. The number of hydrogen-bond donors (Lipinski definition) is 2. The molecule has 18 heavy (non-hydrogen) atoms. The number of hydrogen-bond acceptors (Lipinski definition) is 5. The number of nitrogens with two attached hydrogens (primary N) is 1. The Hall–Kier alpha value is -1.86. The lowest BCUT2D eigenvalue weighted by atomic mass is 10.2. The molecule has 0 saturated heterocycles. The highest BCUT2D eigenvalue weighted by Gasteiger charge is 2.15. The smallest absolute Gasteiger partial charge is 0.312 e. The Morgan fingerprint density at radius 3 is 2.72 bits per heavy atom. The van der Waals surface area contributed by atoms with E-state index in [9.17, 15) is 14.9 Å². The van der Waals surface area contributed by atoms with Crippen LogP contribution in [0.15, 0.2) is 18.2 Å². The van der Waals surface area contributed by atoms with Gasteiger partial charge in [-0.1, -0.05) is 0 Å². The van der Waals surface area contributed by atoms with Gasteiger partial charge in [-0.05, 0) is 12.1 Å². The van der Waals surface area contributed by atoms with E-state index >= 15 is 0 Å². The summed E-state index contributed by atoms with van der Waals surface area (Å²) in [7, 11) is 1.34. The summed E-state index contributed by atoms with van der Waals surface area (Å²) in [5.41, 5.74) is 5.37. The normalized spacial score (nSPS) is 9.22. The van der Waals surface area contributed by atoms with Crippen LogP contribution >= 0.6 is 12.4 Å². The maximum Gasteiger partial charge on any atom is 0.312 e. The van der Waals surface area contributed by atoms with E-state index in [2.05, 4.69) is 5.32 Å². The van der Waals surface area contributed by atoms with E-state index in [1.54, 1.807) is 0 Å². The highest BCUT2D eigenvalue weighted by molar-refractivity contribution is 5.91. The molecule has 0 spiro atoms. The van der Waals surface area contributed by atoms with Crippen LogP contribution < -0.4 is 15.8 Å². The summed E-state index contributed by atoms with van der Waals surface area (Å²) < 4.78 is 4.84. The standard InChI is InChI=1S/C10H13N3O4.ClH/c1-17-9-3-2-7(6-8(9)13(15)16)12-10(14)4-5-11;/h2-3,6H,4-5,11H2,1H3,(H,12,14);1H. The minimum atomic E-state index is -0.572. The minimum absolute atomic E-state index is 0. The molecule has 0 fully saturated rings. The summed E-state index contributed by atoms with van der Waals surface area (Å²) in [6.07, 6.45) is 0.166. The van der Waals surface area contributed by atoms with Crippen LogP contribution in [0, 0.1) is 10.1 Å². The molecule has 3 N–H and O–H groups in total. The number of carbonyl (C=O) groups is 1. The Morgan fingerprint density at radius 2 is 2.22 bits per heavy atom. The topological polar surface area (TPSA) is 107 Å². The van der Waals surface area contributed by atoms with Gasteiger partial charge in [-0.3, -0.25) is 14.9 Å². The Bertz CT molecular complexity index is 439. The van der Waals surface area contributed by atoms with Crippen molar-refractivity contribution in [2.45, 2.75) is 6.42 Å². The number of methoxy groups -OCH3 is 1. The van der Waals surface area contributed by atoms with Crippen molar-refractivity contribution >= 4 is 29.7 Å². The van der Waals surface area contributed by atoms with Crippen LogP contribution in [-0.4, -0.2) is 24.5 Å². The summed E-state index contributed by atoms with van der Waals surface area (Å²) in [6, 6.07) is 4.20. The molecule has 0 unspecified atom stereocenters. The lowest BCUT2D eigenvalue weighted by Crippen LogP contribution is -2.16. The van der Waals surface area contributed by atoms with Crippen LogP contribution in [0.3, 0.4) is 0 Å². The number of nitro benzene ring substituents is 1. The second-order valence-electron chi connectivity index (χ2n) is 3.23. The van der Waals surface area contributed by atoms with E-state index < -0.39 is 4.92 Å². The number of nitro groups is 1. The molecule has 1 aromatic carbocycles. The molecule has 7 nitrogen and oxygen atoms in total. The summed E-state index contributed by atoms with van der Waals surface area (Å²) in [6.45, 7) is 0.226. The molecule has 0 aliphatic rings. The average Bonchev–Trinajstić information content (AvgIpc) is 2.29. The first-order valence-electron chi connectivity index (χ1n) is 4.91. The second kappa shape index (κ2) is 7.46. The molecule has 8 heteroatoms. The summed E-state index contributed by atoms with van der Waals surface area (Å²) >= 11 is 0. The molecular weight excluding hydrogens is 262 g/mol. The summed E-state index contributed by atoms with van der Waals surface area (Å²) in [5.74, 6) is -0.140. The van der Waals surface area contributed by atoms with Gasteiger partial charge < -0.3 is 15.8 Å². The first-order chi connectivity index (χ1) is 8.08. The molecule has 0 aliphatic carbocycles. The zero-order valence-corrected chi connectivity index (χ0v) is 10.5. The number of ether oxygens (including phenoxy) is 1. The highest BCUT2D eigenvalue weighted by atomic mass is 35.5. The maximum atomic E-state index is 11.3. The van der Waals surface area contributed by atoms with E-state index in [0.717, 1.165) is 0 Å². The van der Waals surface area contributed by atoms with Crippen molar-refractivity contribution in [2.24, 2.45) is 5.73 Å². The van der Waals surface area contributed by atoms with Crippen LogP contribution in [-0.2, 0) is 4.79 Å². The summed E-state index contributed by atoms with van der Waals surface area (Å²) in [5, 5.41) is 13.2. The molecule has 0 aromatic heterocycles. The van der Waals surface area contributed by atoms with Crippen LogP contribution in [0.25, 0.3) is 0 Å². The van der Waals surface area contributed by atoms with Crippen LogP contribution in [0.1, 0.15) is 6.42 Å². The third kappa shape index (κ3) is 4.19. The SMILES string of the molecule is COc1ccc(NC(=O)CCN)cc1[N+](=O)[O-].Cl. The third-order valence-corrected chi connectivity index (χ3v) is 2.03. The van der Waals surface area contributed by atoms with Gasteiger partial charge in [0.2, 0.25) is 5.91 Å². The quantitative estimate of drug-likeness (QED) is 0.622. The van der Waals surface area contributed by atoms with Gasteiger partial charge in [0, 0.05) is 24.7 Å². The molecule has 0 radical (unpaired) electrons. The number of anilines is 1. The number of amides is 1. The lowest BCUT2D eigenvalue weighted by molar-refractivity contribution is -0.385. The Balaban J connectivity index is 0.00000289. The van der Waals surface area contributed by atoms with Gasteiger partial charge in [-0.2, -0.15) is 0 Å². The van der Waals surface area contributed by atoms with Gasteiger partial charge in [-0.25, -0.2) is 0 Å². The lowest BCUT2D eigenvalue weighted by Gasteiger charge is -2.06. The fourth-order valence-electron chi connectivity index (χ4n) is 1.27. The van der Waals surface area contributed by atoms with E-state index in [-0.39, 0.29) is 42.7 Å². The number of benzene rings is 1. The van der Waals surface area contributed by atoms with Crippen LogP contribution in [0.4, 0.5) is 11.4 Å². The zero-order valence-electron chi connectivity index (χ0n) is 9.71. The van der Waals surface area contributed by atoms with Gasteiger partial charge in [0.1, 0.15) is 0 Å². The van der Waals surface area contributed by atoms with Gasteiger partial charge >= 0.3 is 5.69 Å². The first-order valence-corrected chi connectivity index (χ1v) is 4.91. The van der Waals surface area contributed by atoms with Crippen LogP contribution in [0.5, 0.6) is 5.75 Å². The van der Waals surface area contributed by atoms with Crippen molar-refractivity contribution in [2.75, 3.05) is 19.0 Å². The number of halogens is 1. The molecular formula is C10H14ClN3O4. The van der Waals surface area contributed by atoms with Gasteiger partial charge in [0.05, 0.1) is 12.0 Å². The first kappa shape index (κ1) is 16.1. The van der Waals surface area contributed by atoms with E-state index in [4.69, 9.17) is 10.5 Å². The van der Waals surface area contributed by atoms with Crippen molar-refractivity contribution in [3.63, 3.8) is 0 Å². The Kier molecular flexibility index (Phi) is 6.69. The highest BCUT2D eigenvalue weighted by Crippen LogP contribution is 2.29. The number of nitrogens with zero attached hydrogens (tertiary/aromatic N) is 1.